The number of nitrogens with zero attached hydrogens (tertiary/aromatic N) is 1. The van der Waals surface area contributed by atoms with Gasteiger partial charge in [0.15, 0.2) is 0 Å². The molecule has 2 saturated heterocycles. The smallest absolute Gasteiger partial charge is 0.327 e. The lowest BCUT2D eigenvalue weighted by Crippen LogP contribution is -2.37. The highest BCUT2D eigenvalue weighted by molar-refractivity contribution is 6.68. The first-order valence-electron chi connectivity index (χ1n) is 8.94. The number of hydrogen-bond donors (Lipinski definition) is 0. The molecule has 0 aromatic heterocycles. The summed E-state index contributed by atoms with van der Waals surface area (Å²) in [5, 5.41) is 0. The van der Waals surface area contributed by atoms with E-state index in [2.05, 4.69) is 56.9 Å². The molecule has 0 aliphatic carbocycles. The normalized spacial score (nSPS) is 24.1. The van der Waals surface area contributed by atoms with Crippen molar-refractivity contribution in [2.75, 3.05) is 32.8 Å². The van der Waals surface area contributed by atoms with Gasteiger partial charge in [-0.1, -0.05) is 38.1 Å². The Labute approximate surface area is 141 Å². The zero-order valence-electron chi connectivity index (χ0n) is 15.1. The summed E-state index contributed by atoms with van der Waals surface area (Å²) in [6.07, 6.45) is 2.20. The monoisotopic (exact) mass is 315 g/mol. The molecule has 0 bridgehead atoms. The van der Waals surface area contributed by atoms with Crippen molar-refractivity contribution in [1.82, 2.24) is 4.90 Å². The zero-order chi connectivity index (χ0) is 16.5. The fourth-order valence-electron chi connectivity index (χ4n) is 3.46. The maximum atomic E-state index is 6.32. The van der Waals surface area contributed by atoms with Gasteiger partial charge in [0.25, 0.3) is 0 Å². The highest BCUT2D eigenvalue weighted by atomic mass is 16.5. The maximum absolute atomic E-state index is 6.32. The number of benzene rings is 1. The number of rotatable bonds is 4. The molecule has 2 aliphatic heterocycles. The molecule has 0 unspecified atom stereocenters. The molecule has 0 N–H and O–H groups in total. The molecule has 0 spiro atoms. The maximum Gasteiger partial charge on any atom is 0.327 e. The minimum atomic E-state index is -0.0628. The Kier molecular flexibility index (Phi) is 4.86. The van der Waals surface area contributed by atoms with Crippen LogP contribution in [0.2, 0.25) is 6.32 Å². The van der Waals surface area contributed by atoms with Crippen LogP contribution in [0.4, 0.5) is 0 Å². The van der Waals surface area contributed by atoms with Gasteiger partial charge in [0, 0.05) is 19.6 Å². The molecule has 1 aromatic carbocycles. The molecule has 2 heterocycles. The molecule has 1 aromatic rings. The van der Waals surface area contributed by atoms with Gasteiger partial charge in [0.05, 0.1) is 18.8 Å². The van der Waals surface area contributed by atoms with Gasteiger partial charge in [-0.3, -0.25) is 4.90 Å². The van der Waals surface area contributed by atoms with E-state index in [1.54, 1.807) is 0 Å². The van der Waals surface area contributed by atoms with Crippen LogP contribution in [-0.2, 0) is 15.8 Å². The van der Waals surface area contributed by atoms with Crippen molar-refractivity contribution in [1.29, 1.82) is 0 Å². The third-order valence-corrected chi connectivity index (χ3v) is 5.93. The zero-order valence-corrected chi connectivity index (χ0v) is 15.1. The summed E-state index contributed by atoms with van der Waals surface area (Å²) in [6.45, 7) is 14.3. The molecule has 0 saturated carbocycles. The van der Waals surface area contributed by atoms with E-state index >= 15 is 0 Å². The van der Waals surface area contributed by atoms with Gasteiger partial charge in [-0.15, -0.1) is 0 Å². The third-order valence-electron chi connectivity index (χ3n) is 5.93. The van der Waals surface area contributed by atoms with Crippen molar-refractivity contribution >= 4 is 12.4 Å². The molecule has 2 fully saturated rings. The van der Waals surface area contributed by atoms with Gasteiger partial charge >= 0.3 is 6.92 Å². The fourth-order valence-corrected chi connectivity index (χ4v) is 3.46. The quantitative estimate of drug-likeness (QED) is 0.797. The van der Waals surface area contributed by atoms with Gasteiger partial charge in [-0.2, -0.15) is 0 Å². The molecule has 0 atom stereocenters. The van der Waals surface area contributed by atoms with Crippen LogP contribution < -0.4 is 5.46 Å². The predicted molar refractivity (Wildman–Crippen MR) is 96.5 cm³/mol. The first-order chi connectivity index (χ1) is 10.9. The highest BCUT2D eigenvalue weighted by Gasteiger charge is 2.49. The lowest BCUT2D eigenvalue weighted by atomic mass is 9.54. The molecule has 4 heteroatoms. The van der Waals surface area contributed by atoms with Crippen molar-refractivity contribution in [3.8, 4) is 0 Å². The predicted octanol–water partition coefficient (Wildman–Crippen LogP) is 2.59. The second kappa shape index (κ2) is 6.58. The van der Waals surface area contributed by atoms with Crippen LogP contribution in [0.25, 0.3) is 0 Å². The molecule has 23 heavy (non-hydrogen) atoms. The standard InChI is InChI=1S/C19H30BNO2/c1-18(2)15-20(23-19(18,3)4)17-7-5-16(6-8-17)9-10-21-11-13-22-14-12-21/h5-8H,9-15H2,1-4H3. The SMILES string of the molecule is CC1(C)CB(c2ccc(CCN3CCOCC3)cc2)OC1(C)C. The van der Waals surface area contributed by atoms with Crippen LogP contribution in [-0.4, -0.2) is 50.3 Å². The van der Waals surface area contributed by atoms with E-state index in [-0.39, 0.29) is 17.9 Å². The number of hydrogen-bond acceptors (Lipinski definition) is 3. The number of ether oxygens (including phenoxy) is 1. The average molecular weight is 315 g/mol. The van der Waals surface area contributed by atoms with Crippen LogP contribution in [0, 0.1) is 5.41 Å². The molecular weight excluding hydrogens is 285 g/mol. The Morgan fingerprint density at radius 2 is 1.70 bits per heavy atom. The molecule has 126 valence electrons. The summed E-state index contributed by atoms with van der Waals surface area (Å²) in [5.41, 5.74) is 2.88. The summed E-state index contributed by atoms with van der Waals surface area (Å²) >= 11 is 0. The molecule has 0 amide bonds. The van der Waals surface area contributed by atoms with Crippen molar-refractivity contribution < 1.29 is 9.39 Å². The molecule has 2 aliphatic rings. The number of morpholine rings is 1. The van der Waals surface area contributed by atoms with E-state index in [0.717, 1.165) is 45.6 Å². The van der Waals surface area contributed by atoms with Crippen molar-refractivity contribution in [3.05, 3.63) is 29.8 Å². The minimum absolute atomic E-state index is 0.0628. The van der Waals surface area contributed by atoms with E-state index in [9.17, 15) is 0 Å². The molecule has 3 rings (SSSR count). The van der Waals surface area contributed by atoms with Gasteiger partial charge in [0.1, 0.15) is 0 Å². The Morgan fingerprint density at radius 1 is 1.04 bits per heavy atom. The molecule has 3 nitrogen and oxygen atoms in total. The van der Waals surface area contributed by atoms with Crippen LogP contribution in [0.3, 0.4) is 0 Å². The van der Waals surface area contributed by atoms with E-state index < -0.39 is 0 Å². The van der Waals surface area contributed by atoms with Crippen molar-refractivity contribution in [3.63, 3.8) is 0 Å². The highest BCUT2D eigenvalue weighted by Crippen LogP contribution is 2.44. The van der Waals surface area contributed by atoms with E-state index in [1.807, 2.05) is 0 Å². The summed E-state index contributed by atoms with van der Waals surface area (Å²) in [4.78, 5) is 2.49. The van der Waals surface area contributed by atoms with Crippen molar-refractivity contribution in [2.45, 2.75) is 46.0 Å². The largest absolute Gasteiger partial charge is 0.426 e. The Morgan fingerprint density at radius 3 is 2.26 bits per heavy atom. The second-order valence-electron chi connectivity index (χ2n) is 8.15. The van der Waals surface area contributed by atoms with E-state index in [0.29, 0.717) is 0 Å². The van der Waals surface area contributed by atoms with Gasteiger partial charge < -0.3 is 9.39 Å². The second-order valence-corrected chi connectivity index (χ2v) is 8.15. The van der Waals surface area contributed by atoms with Crippen LogP contribution in [0.15, 0.2) is 24.3 Å². The summed E-state index contributed by atoms with van der Waals surface area (Å²) in [5.74, 6) is 0. The van der Waals surface area contributed by atoms with Crippen LogP contribution >= 0.6 is 0 Å². The first kappa shape index (κ1) is 17.0. The van der Waals surface area contributed by atoms with Gasteiger partial charge in [-0.25, -0.2) is 0 Å². The summed E-state index contributed by atoms with van der Waals surface area (Å²) in [7, 11) is 0. The lowest BCUT2D eigenvalue weighted by Gasteiger charge is -2.34. The van der Waals surface area contributed by atoms with Gasteiger partial charge in [-0.05, 0) is 43.0 Å². The topological polar surface area (TPSA) is 21.7 Å². The first-order valence-corrected chi connectivity index (χ1v) is 8.94. The third kappa shape index (κ3) is 3.81. The van der Waals surface area contributed by atoms with Gasteiger partial charge in [0.2, 0.25) is 0 Å². The van der Waals surface area contributed by atoms with E-state index in [1.165, 1.54) is 11.0 Å². The Hall–Kier alpha value is -0.835. The van der Waals surface area contributed by atoms with Crippen LogP contribution in [0.1, 0.15) is 33.3 Å². The van der Waals surface area contributed by atoms with Crippen LogP contribution in [0.5, 0.6) is 0 Å². The molecular formula is C19H30BNO2. The average Bonchev–Trinajstić information content (AvgIpc) is 2.75. The lowest BCUT2D eigenvalue weighted by molar-refractivity contribution is 0.0375. The Balaban J connectivity index is 1.57. The summed E-state index contributed by atoms with van der Waals surface area (Å²) in [6, 6.07) is 9.07. The van der Waals surface area contributed by atoms with Crippen molar-refractivity contribution in [2.24, 2.45) is 5.41 Å². The Bertz CT molecular complexity index is 505. The fraction of sp³-hybridized carbons (Fsp3) is 0.684. The van der Waals surface area contributed by atoms with E-state index in [4.69, 9.17) is 9.39 Å². The minimum Gasteiger partial charge on any atom is -0.426 e. The molecule has 0 radical (unpaired) electrons. The summed E-state index contributed by atoms with van der Waals surface area (Å²) < 4.78 is 11.7.